The molecule has 0 aliphatic heterocycles. The van der Waals surface area contributed by atoms with Gasteiger partial charge in [0.05, 0.1) is 21.3 Å². The Labute approximate surface area is 132 Å². The molecule has 0 spiro atoms. The zero-order valence-corrected chi connectivity index (χ0v) is 13.1. The summed E-state index contributed by atoms with van der Waals surface area (Å²) in [5, 5.41) is 18.2. The number of nitro groups is 1. The minimum Gasteiger partial charge on any atom is -0.319 e. The Balaban J connectivity index is 2.19. The van der Waals surface area contributed by atoms with Crippen LogP contribution in [0.4, 0.5) is 11.4 Å². The molecule has 0 saturated carbocycles. The average molecular weight is 323 g/mol. The molecule has 0 saturated heterocycles. The molecule has 0 unspecified atom stereocenters. The first-order valence-corrected chi connectivity index (χ1v) is 6.91. The number of carbonyl (C=O) groups excluding carboxylic acids is 1. The highest BCUT2D eigenvalue weighted by molar-refractivity contribution is 6.31. The summed E-state index contributed by atoms with van der Waals surface area (Å²) in [6.07, 6.45) is 0. The minimum absolute atomic E-state index is 0.0651. The molecule has 0 atom stereocenters. The SMILES string of the molecule is Cc1ccc(NC(=O)Cn2nc(C)c(Cl)c2C)c([N+](=O)[O-])c1. The van der Waals surface area contributed by atoms with Gasteiger partial charge in [0.2, 0.25) is 5.91 Å². The summed E-state index contributed by atoms with van der Waals surface area (Å²) in [5.41, 5.74) is 2.07. The van der Waals surface area contributed by atoms with Gasteiger partial charge in [-0.25, -0.2) is 0 Å². The van der Waals surface area contributed by atoms with Gasteiger partial charge >= 0.3 is 0 Å². The van der Waals surface area contributed by atoms with Crippen molar-refractivity contribution in [1.29, 1.82) is 0 Å². The van der Waals surface area contributed by atoms with Crippen LogP contribution >= 0.6 is 11.6 Å². The molecule has 116 valence electrons. The van der Waals surface area contributed by atoms with E-state index in [9.17, 15) is 14.9 Å². The fourth-order valence-corrected chi connectivity index (χ4v) is 2.19. The summed E-state index contributed by atoms with van der Waals surface area (Å²) < 4.78 is 1.47. The van der Waals surface area contributed by atoms with Crippen LogP contribution in [0, 0.1) is 30.9 Å². The van der Waals surface area contributed by atoms with Crippen molar-refractivity contribution in [3.63, 3.8) is 0 Å². The zero-order chi connectivity index (χ0) is 16.4. The molecule has 2 aromatic rings. The van der Waals surface area contributed by atoms with Gasteiger partial charge in [0.1, 0.15) is 12.2 Å². The van der Waals surface area contributed by atoms with E-state index in [1.807, 2.05) is 0 Å². The van der Waals surface area contributed by atoms with Crippen molar-refractivity contribution in [2.45, 2.75) is 27.3 Å². The largest absolute Gasteiger partial charge is 0.319 e. The summed E-state index contributed by atoms with van der Waals surface area (Å²) in [6, 6.07) is 4.62. The quantitative estimate of drug-likeness (QED) is 0.692. The monoisotopic (exact) mass is 322 g/mol. The first-order chi connectivity index (χ1) is 10.3. The van der Waals surface area contributed by atoms with Crippen LogP contribution in [0.2, 0.25) is 5.02 Å². The smallest absolute Gasteiger partial charge is 0.293 e. The van der Waals surface area contributed by atoms with Crippen LogP contribution in [-0.4, -0.2) is 20.6 Å². The van der Waals surface area contributed by atoms with Crippen molar-refractivity contribution >= 4 is 28.9 Å². The Morgan fingerprint density at radius 3 is 2.64 bits per heavy atom. The fourth-order valence-electron chi connectivity index (χ4n) is 2.05. The molecule has 8 heteroatoms. The Hall–Kier alpha value is -2.41. The molecule has 1 aromatic carbocycles. The first-order valence-electron chi connectivity index (χ1n) is 6.54. The lowest BCUT2D eigenvalue weighted by Gasteiger charge is -2.08. The van der Waals surface area contributed by atoms with E-state index in [1.54, 1.807) is 26.8 Å². The third-order valence-electron chi connectivity index (χ3n) is 3.21. The second-order valence-electron chi connectivity index (χ2n) is 4.97. The molecule has 0 fully saturated rings. The summed E-state index contributed by atoms with van der Waals surface area (Å²) >= 11 is 6.02. The zero-order valence-electron chi connectivity index (χ0n) is 12.4. The number of halogens is 1. The van der Waals surface area contributed by atoms with Crippen molar-refractivity contribution in [1.82, 2.24) is 9.78 Å². The van der Waals surface area contributed by atoms with Gasteiger partial charge in [0, 0.05) is 6.07 Å². The van der Waals surface area contributed by atoms with Gasteiger partial charge in [0.25, 0.3) is 5.69 Å². The van der Waals surface area contributed by atoms with Crippen LogP contribution in [-0.2, 0) is 11.3 Å². The standard InChI is InChI=1S/C14H15ClN4O3/c1-8-4-5-11(12(6-8)19(21)22)16-13(20)7-18-10(3)14(15)9(2)17-18/h4-6H,7H2,1-3H3,(H,16,20). The molecule has 2 rings (SSSR count). The Kier molecular flexibility index (Phi) is 4.46. The second-order valence-corrected chi connectivity index (χ2v) is 5.35. The molecule has 0 bridgehead atoms. The second kappa shape index (κ2) is 6.15. The first kappa shape index (κ1) is 16.0. The number of rotatable bonds is 4. The minimum atomic E-state index is -0.525. The number of hydrogen-bond donors (Lipinski definition) is 1. The van der Waals surface area contributed by atoms with Crippen molar-refractivity contribution in [2.24, 2.45) is 0 Å². The molecular weight excluding hydrogens is 308 g/mol. The van der Waals surface area contributed by atoms with Crippen LogP contribution < -0.4 is 5.32 Å². The van der Waals surface area contributed by atoms with Gasteiger partial charge in [-0.05, 0) is 32.4 Å². The van der Waals surface area contributed by atoms with Crippen molar-refractivity contribution < 1.29 is 9.72 Å². The van der Waals surface area contributed by atoms with Crippen molar-refractivity contribution in [3.05, 3.63) is 50.3 Å². The van der Waals surface area contributed by atoms with E-state index < -0.39 is 10.8 Å². The number of aromatic nitrogens is 2. The molecule has 7 nitrogen and oxygen atoms in total. The van der Waals surface area contributed by atoms with Crippen LogP contribution in [0.15, 0.2) is 18.2 Å². The maximum atomic E-state index is 12.1. The number of benzene rings is 1. The van der Waals surface area contributed by atoms with E-state index in [-0.39, 0.29) is 17.9 Å². The molecule has 1 aromatic heterocycles. The van der Waals surface area contributed by atoms with E-state index in [4.69, 9.17) is 11.6 Å². The van der Waals surface area contributed by atoms with Crippen LogP contribution in [0.5, 0.6) is 0 Å². The highest BCUT2D eigenvalue weighted by Crippen LogP contribution is 2.25. The number of hydrogen-bond acceptors (Lipinski definition) is 4. The van der Waals surface area contributed by atoms with E-state index in [2.05, 4.69) is 10.4 Å². The molecule has 0 radical (unpaired) electrons. The topological polar surface area (TPSA) is 90.1 Å². The molecule has 1 N–H and O–H groups in total. The lowest BCUT2D eigenvalue weighted by Crippen LogP contribution is -2.20. The summed E-state index contributed by atoms with van der Waals surface area (Å²) in [6.45, 7) is 5.18. The van der Waals surface area contributed by atoms with Gasteiger partial charge < -0.3 is 5.32 Å². The average Bonchev–Trinajstić information content (AvgIpc) is 2.68. The number of aryl methyl sites for hydroxylation is 2. The molecule has 22 heavy (non-hydrogen) atoms. The van der Waals surface area contributed by atoms with Crippen molar-refractivity contribution in [3.8, 4) is 0 Å². The summed E-state index contributed by atoms with van der Waals surface area (Å²) in [4.78, 5) is 22.6. The number of nitrogens with one attached hydrogen (secondary N) is 1. The van der Waals surface area contributed by atoms with Gasteiger partial charge in [-0.2, -0.15) is 5.10 Å². The highest BCUT2D eigenvalue weighted by Gasteiger charge is 2.17. The van der Waals surface area contributed by atoms with Crippen molar-refractivity contribution in [2.75, 3.05) is 5.32 Å². The third kappa shape index (κ3) is 3.25. The Bertz CT molecular complexity index is 755. The maximum Gasteiger partial charge on any atom is 0.293 e. The third-order valence-corrected chi connectivity index (χ3v) is 3.76. The normalized spacial score (nSPS) is 10.5. The van der Waals surface area contributed by atoms with Crippen LogP contribution in [0.3, 0.4) is 0 Å². The number of nitro benzene ring substituents is 1. The van der Waals surface area contributed by atoms with Crippen LogP contribution in [0.1, 0.15) is 17.0 Å². The maximum absolute atomic E-state index is 12.1. The van der Waals surface area contributed by atoms with E-state index in [0.29, 0.717) is 16.4 Å². The van der Waals surface area contributed by atoms with Gasteiger partial charge in [0.15, 0.2) is 0 Å². The number of amides is 1. The van der Waals surface area contributed by atoms with Gasteiger partial charge in [-0.15, -0.1) is 0 Å². The molecule has 0 aliphatic rings. The fraction of sp³-hybridized carbons (Fsp3) is 0.286. The molecule has 1 amide bonds. The molecule has 0 aliphatic carbocycles. The highest BCUT2D eigenvalue weighted by atomic mass is 35.5. The van der Waals surface area contributed by atoms with E-state index >= 15 is 0 Å². The summed E-state index contributed by atoms with van der Waals surface area (Å²) in [5.74, 6) is -0.408. The van der Waals surface area contributed by atoms with Crippen LogP contribution in [0.25, 0.3) is 0 Å². The Morgan fingerprint density at radius 2 is 2.09 bits per heavy atom. The predicted molar refractivity (Wildman–Crippen MR) is 83.2 cm³/mol. The molecular formula is C14H15ClN4O3. The molecule has 1 heterocycles. The number of carbonyl (C=O) groups is 1. The van der Waals surface area contributed by atoms with E-state index in [0.717, 1.165) is 5.56 Å². The van der Waals surface area contributed by atoms with E-state index in [1.165, 1.54) is 16.8 Å². The number of anilines is 1. The van der Waals surface area contributed by atoms with Gasteiger partial charge in [-0.1, -0.05) is 17.7 Å². The predicted octanol–water partition coefficient (Wildman–Crippen LogP) is 3.01. The van der Waals surface area contributed by atoms with Gasteiger partial charge in [-0.3, -0.25) is 19.6 Å². The summed E-state index contributed by atoms with van der Waals surface area (Å²) in [7, 11) is 0. The number of nitrogens with zero attached hydrogens (tertiary/aromatic N) is 3. The Morgan fingerprint density at radius 1 is 1.41 bits per heavy atom. The lowest BCUT2D eigenvalue weighted by molar-refractivity contribution is -0.384. The lowest BCUT2D eigenvalue weighted by atomic mass is 10.2.